The monoisotopic (exact) mass is 488 g/mol. The van der Waals surface area contributed by atoms with E-state index in [0.29, 0.717) is 47.7 Å². The number of benzene rings is 1. The molecule has 0 aliphatic carbocycles. The van der Waals surface area contributed by atoms with Crippen molar-refractivity contribution in [3.8, 4) is 5.69 Å². The van der Waals surface area contributed by atoms with Crippen molar-refractivity contribution >= 4 is 53.7 Å². The number of carbonyl (C=O) groups excluding carboxylic acids is 1. The number of nitrogens with zero attached hydrogens (tertiary/aromatic N) is 5. The summed E-state index contributed by atoms with van der Waals surface area (Å²) in [5, 5.41) is 3.20. The van der Waals surface area contributed by atoms with Crippen molar-refractivity contribution in [3.63, 3.8) is 0 Å². The van der Waals surface area contributed by atoms with Crippen LogP contribution < -0.4 is 20.8 Å². The molecule has 2 aliphatic rings. The molecule has 2 amide bonds. The predicted octanol–water partition coefficient (Wildman–Crippen LogP) is 3.80. The number of imidazole rings is 1. The molecule has 1 saturated heterocycles. The van der Waals surface area contributed by atoms with Crippen LogP contribution in [0.5, 0.6) is 0 Å². The zero-order chi connectivity index (χ0) is 22.6. The predicted molar refractivity (Wildman–Crippen MR) is 138 cm³/mol. The summed E-state index contributed by atoms with van der Waals surface area (Å²) < 4.78 is 3.42. The van der Waals surface area contributed by atoms with Gasteiger partial charge in [-0.2, -0.15) is 13.5 Å². The molecule has 2 aromatic heterocycles. The fraction of sp³-hybridized carbons (Fsp3) is 0.435. The first-order valence-electron chi connectivity index (χ1n) is 11.2. The van der Waals surface area contributed by atoms with E-state index in [1.54, 1.807) is 21.6 Å². The van der Waals surface area contributed by atoms with Gasteiger partial charge >= 0.3 is 11.7 Å². The minimum atomic E-state index is -0.142. The Morgan fingerprint density at radius 3 is 2.48 bits per heavy atom. The minimum absolute atomic E-state index is 0. The third kappa shape index (κ3) is 3.67. The number of halogens is 1. The fourth-order valence-electron chi connectivity index (χ4n) is 5.00. The maximum absolute atomic E-state index is 13.5. The maximum Gasteiger partial charge on any atom is 0.335 e. The summed E-state index contributed by atoms with van der Waals surface area (Å²) in [6.07, 6.45) is 2.09. The number of anilines is 2. The topological polar surface area (TPSA) is 75.4 Å². The maximum atomic E-state index is 13.5. The Morgan fingerprint density at radius 1 is 1.09 bits per heavy atom. The molecule has 10 heteroatoms. The zero-order valence-electron chi connectivity index (χ0n) is 19.1. The molecule has 4 heterocycles. The highest BCUT2D eigenvalue weighted by Crippen LogP contribution is 2.35. The van der Waals surface area contributed by atoms with Gasteiger partial charge in [0.05, 0.1) is 16.4 Å². The smallest absolute Gasteiger partial charge is 0.335 e. The van der Waals surface area contributed by atoms with Crippen LogP contribution in [0.25, 0.3) is 16.9 Å². The molecule has 2 aliphatic heterocycles. The van der Waals surface area contributed by atoms with E-state index >= 15 is 0 Å². The van der Waals surface area contributed by atoms with Crippen LogP contribution in [0.1, 0.15) is 32.4 Å². The first-order chi connectivity index (χ1) is 15.4. The van der Waals surface area contributed by atoms with Gasteiger partial charge < -0.3 is 10.2 Å². The van der Waals surface area contributed by atoms with Crippen molar-refractivity contribution in [1.29, 1.82) is 0 Å². The number of hydrogen-bond acceptors (Lipinski definition) is 4. The van der Waals surface area contributed by atoms with E-state index in [0.717, 1.165) is 36.3 Å². The standard InChI is InChI=1S/C23H27ClN6O2.H2S/c1-4-15(5-2)27-10-11-29-20-19(27)12-14(3)26-21(20)30(23(29)32)18-7-6-16(13-17(18)24)28-9-8-25-22(28)31;/h6-7,12-13,15H,4-5,8-11H2,1-3H3,(H,25,31);1H2. The number of amides is 2. The van der Waals surface area contributed by atoms with Crippen molar-refractivity contribution in [3.05, 3.63) is 45.5 Å². The molecule has 5 rings (SSSR count). The second-order valence-electron chi connectivity index (χ2n) is 8.41. The lowest BCUT2D eigenvalue weighted by molar-refractivity contribution is 0.252. The lowest BCUT2D eigenvalue weighted by Gasteiger charge is -2.36. The molecule has 0 saturated carbocycles. The van der Waals surface area contributed by atoms with Gasteiger partial charge in [-0.25, -0.2) is 19.1 Å². The molecule has 176 valence electrons. The van der Waals surface area contributed by atoms with Crippen LogP contribution in [-0.2, 0) is 6.54 Å². The molecule has 1 N–H and O–H groups in total. The zero-order valence-corrected chi connectivity index (χ0v) is 20.8. The van der Waals surface area contributed by atoms with Gasteiger partial charge in [0, 0.05) is 43.6 Å². The second-order valence-corrected chi connectivity index (χ2v) is 8.81. The largest absolute Gasteiger partial charge is 0.365 e. The van der Waals surface area contributed by atoms with Crippen molar-refractivity contribution in [1.82, 2.24) is 19.4 Å². The molecule has 1 fully saturated rings. The Labute approximate surface area is 204 Å². The first-order valence-corrected chi connectivity index (χ1v) is 11.6. The molecule has 1 aromatic carbocycles. The highest BCUT2D eigenvalue weighted by atomic mass is 35.5. The van der Waals surface area contributed by atoms with E-state index in [9.17, 15) is 9.59 Å². The van der Waals surface area contributed by atoms with Crippen LogP contribution in [0.3, 0.4) is 0 Å². The molecule has 0 radical (unpaired) electrons. The molecule has 0 bridgehead atoms. The van der Waals surface area contributed by atoms with Crippen molar-refractivity contribution in [2.24, 2.45) is 0 Å². The summed E-state index contributed by atoms with van der Waals surface area (Å²) in [7, 11) is 0. The Hall–Kier alpha value is -2.65. The van der Waals surface area contributed by atoms with Crippen LogP contribution in [0.4, 0.5) is 16.2 Å². The molecule has 3 aromatic rings. The fourth-order valence-corrected chi connectivity index (χ4v) is 5.26. The van der Waals surface area contributed by atoms with Crippen molar-refractivity contribution in [2.45, 2.75) is 46.2 Å². The molecular weight excluding hydrogens is 460 g/mol. The molecule has 8 nitrogen and oxygen atoms in total. The average molecular weight is 489 g/mol. The third-order valence-electron chi connectivity index (χ3n) is 6.58. The van der Waals surface area contributed by atoms with Crippen LogP contribution in [0.15, 0.2) is 29.1 Å². The van der Waals surface area contributed by atoms with Crippen LogP contribution in [-0.4, -0.2) is 45.8 Å². The normalized spacial score (nSPS) is 15.4. The average Bonchev–Trinajstić information content (AvgIpc) is 3.32. The van der Waals surface area contributed by atoms with Crippen molar-refractivity contribution < 1.29 is 4.79 Å². The van der Waals surface area contributed by atoms with Gasteiger partial charge in [-0.15, -0.1) is 0 Å². The minimum Gasteiger partial charge on any atom is -0.365 e. The Balaban J connectivity index is 0.00000259. The van der Waals surface area contributed by atoms with Gasteiger partial charge in [0.2, 0.25) is 0 Å². The van der Waals surface area contributed by atoms with Crippen LogP contribution >= 0.6 is 25.1 Å². The number of nitrogens with one attached hydrogen (secondary N) is 1. The summed E-state index contributed by atoms with van der Waals surface area (Å²) >= 11 is 6.67. The van der Waals surface area contributed by atoms with Gasteiger partial charge in [0.25, 0.3) is 0 Å². The number of pyridine rings is 1. The number of rotatable bonds is 5. The second kappa shape index (κ2) is 8.95. The van der Waals surface area contributed by atoms with Gasteiger partial charge in [-0.1, -0.05) is 25.4 Å². The number of carbonyl (C=O) groups is 1. The summed E-state index contributed by atoms with van der Waals surface area (Å²) in [4.78, 5) is 34.4. The Morgan fingerprint density at radius 2 is 1.85 bits per heavy atom. The summed E-state index contributed by atoms with van der Waals surface area (Å²) in [6.45, 7) is 8.95. The van der Waals surface area contributed by atoms with E-state index < -0.39 is 0 Å². The Kier molecular flexibility index (Phi) is 6.37. The van der Waals surface area contributed by atoms with Crippen molar-refractivity contribution in [2.75, 3.05) is 29.4 Å². The van der Waals surface area contributed by atoms with E-state index in [1.165, 1.54) is 0 Å². The third-order valence-corrected chi connectivity index (χ3v) is 6.89. The first kappa shape index (κ1) is 23.5. The quantitative estimate of drug-likeness (QED) is 0.592. The SMILES string of the molecule is CCC(CC)N1CCn2c(=O)n(-c3ccc(N4CCNC4=O)cc3Cl)c3nc(C)cc1c32.S. The number of urea groups is 1. The van der Waals surface area contributed by atoms with Gasteiger partial charge in [0.15, 0.2) is 5.65 Å². The highest BCUT2D eigenvalue weighted by molar-refractivity contribution is 7.59. The lowest BCUT2D eigenvalue weighted by Crippen LogP contribution is -2.41. The van der Waals surface area contributed by atoms with E-state index in [-0.39, 0.29) is 25.2 Å². The van der Waals surface area contributed by atoms with Gasteiger partial charge in [0.1, 0.15) is 5.52 Å². The Bertz CT molecular complexity index is 1280. The van der Waals surface area contributed by atoms with Gasteiger partial charge in [-0.3, -0.25) is 9.47 Å². The molecule has 0 spiro atoms. The van der Waals surface area contributed by atoms with Gasteiger partial charge in [-0.05, 0) is 44.0 Å². The highest BCUT2D eigenvalue weighted by Gasteiger charge is 2.30. The molecular formula is C23H29ClN6O2S. The van der Waals surface area contributed by atoms with Crippen LogP contribution in [0.2, 0.25) is 5.02 Å². The van der Waals surface area contributed by atoms with E-state index in [1.807, 2.05) is 17.6 Å². The molecule has 33 heavy (non-hydrogen) atoms. The number of hydrogen-bond donors (Lipinski definition) is 1. The lowest BCUT2D eigenvalue weighted by atomic mass is 10.1. The molecule has 0 unspecified atom stereocenters. The van der Waals surface area contributed by atoms with E-state index in [2.05, 4.69) is 30.1 Å². The summed E-state index contributed by atoms with van der Waals surface area (Å²) in [5.74, 6) is 0. The number of aryl methyl sites for hydroxylation is 1. The van der Waals surface area contributed by atoms with Crippen LogP contribution in [0, 0.1) is 6.92 Å². The van der Waals surface area contributed by atoms with E-state index in [4.69, 9.17) is 16.6 Å². The number of aromatic nitrogens is 3. The summed E-state index contributed by atoms with van der Waals surface area (Å²) in [6, 6.07) is 7.73. The summed E-state index contributed by atoms with van der Waals surface area (Å²) in [5.41, 5.74) is 4.54. The molecule has 0 atom stereocenters.